The number of hydrogen-bond acceptors (Lipinski definition) is 2. The van der Waals surface area contributed by atoms with Crippen LogP contribution in [0.15, 0.2) is 16.6 Å². The summed E-state index contributed by atoms with van der Waals surface area (Å²) >= 11 is 3.29. The zero-order valence-corrected chi connectivity index (χ0v) is 12.3. The Bertz CT molecular complexity index is 496. The molecular weight excluding hydrogens is 315 g/mol. The number of ether oxygens (including phenoxy) is 1. The number of aliphatic carboxylic acids is 1. The van der Waals surface area contributed by atoms with Crippen LogP contribution >= 0.6 is 15.9 Å². The molecule has 0 heterocycles. The van der Waals surface area contributed by atoms with Crippen LogP contribution < -0.4 is 4.74 Å². The molecule has 0 amide bonds. The van der Waals surface area contributed by atoms with Gasteiger partial charge in [0.1, 0.15) is 0 Å². The first-order valence-electron chi connectivity index (χ1n) is 6.29. The van der Waals surface area contributed by atoms with Gasteiger partial charge in [0.15, 0.2) is 11.6 Å². The van der Waals surface area contributed by atoms with Crippen LogP contribution in [0.25, 0.3) is 0 Å². The highest BCUT2D eigenvalue weighted by atomic mass is 79.9. The molecule has 3 nitrogen and oxygen atoms in total. The topological polar surface area (TPSA) is 46.5 Å². The van der Waals surface area contributed by atoms with Gasteiger partial charge in [0.2, 0.25) is 0 Å². The minimum atomic E-state index is -1.14. The lowest BCUT2D eigenvalue weighted by Gasteiger charge is -2.34. The van der Waals surface area contributed by atoms with Crippen LogP contribution in [0.4, 0.5) is 4.39 Å². The number of carboxylic acid groups (broad SMARTS) is 1. The van der Waals surface area contributed by atoms with Crippen molar-refractivity contribution in [3.05, 3.63) is 28.0 Å². The Labute approximate surface area is 119 Å². The predicted octanol–water partition coefficient (Wildman–Crippen LogP) is 3.88. The maximum atomic E-state index is 14.5. The summed E-state index contributed by atoms with van der Waals surface area (Å²) in [4.78, 5) is 11.8. The molecule has 5 heteroatoms. The Morgan fingerprint density at radius 3 is 2.53 bits per heavy atom. The molecule has 0 spiro atoms. The Balaban J connectivity index is 2.62. The molecule has 1 aromatic carbocycles. The normalized spacial score (nSPS) is 18.1. The van der Waals surface area contributed by atoms with E-state index in [1.165, 1.54) is 13.2 Å². The second-order valence-corrected chi connectivity index (χ2v) is 5.74. The second kappa shape index (κ2) is 5.49. The number of carbonyl (C=O) groups is 1. The van der Waals surface area contributed by atoms with E-state index in [2.05, 4.69) is 15.9 Å². The molecule has 0 radical (unpaired) electrons. The minimum Gasteiger partial charge on any atom is -0.494 e. The standard InChI is InChI=1S/C14H16BrFO3/c1-19-10-6-5-9(15)11(12(10)16)14(13(17)18)7-3-2-4-8-14/h5-6H,2-4,7-8H2,1H3,(H,17,18). The first-order valence-corrected chi connectivity index (χ1v) is 7.08. The summed E-state index contributed by atoms with van der Waals surface area (Å²) in [6.45, 7) is 0. The Morgan fingerprint density at radius 2 is 2.00 bits per heavy atom. The number of hydrogen-bond donors (Lipinski definition) is 1. The fourth-order valence-corrected chi connectivity index (χ4v) is 3.54. The third kappa shape index (κ3) is 2.36. The Morgan fingerprint density at radius 1 is 1.37 bits per heavy atom. The fraction of sp³-hybridized carbons (Fsp3) is 0.500. The molecular formula is C14H16BrFO3. The predicted molar refractivity (Wildman–Crippen MR) is 73.1 cm³/mol. The quantitative estimate of drug-likeness (QED) is 0.914. The van der Waals surface area contributed by atoms with E-state index < -0.39 is 17.2 Å². The molecule has 19 heavy (non-hydrogen) atoms. The van der Waals surface area contributed by atoms with Crippen molar-refractivity contribution in [1.29, 1.82) is 0 Å². The van der Waals surface area contributed by atoms with Gasteiger partial charge in [-0.15, -0.1) is 0 Å². The summed E-state index contributed by atoms with van der Waals surface area (Å²) in [5.74, 6) is -1.44. The first-order chi connectivity index (χ1) is 9.03. The summed E-state index contributed by atoms with van der Waals surface area (Å²) in [5, 5.41) is 9.63. The average Bonchev–Trinajstić information content (AvgIpc) is 2.40. The van der Waals surface area contributed by atoms with Crippen LogP contribution in [0.3, 0.4) is 0 Å². The minimum absolute atomic E-state index is 0.0874. The molecule has 104 valence electrons. The molecule has 0 unspecified atom stereocenters. The van der Waals surface area contributed by atoms with Gasteiger partial charge in [0, 0.05) is 10.0 Å². The van der Waals surface area contributed by atoms with E-state index in [0.717, 1.165) is 19.3 Å². The molecule has 1 aliphatic rings. The summed E-state index contributed by atoms with van der Waals surface area (Å²) < 4.78 is 20.0. The lowest BCUT2D eigenvalue weighted by atomic mass is 9.69. The summed E-state index contributed by atoms with van der Waals surface area (Å²) in [5.41, 5.74) is -0.922. The van der Waals surface area contributed by atoms with Crippen LogP contribution in [0.5, 0.6) is 5.75 Å². The van der Waals surface area contributed by atoms with E-state index in [9.17, 15) is 14.3 Å². The molecule has 1 fully saturated rings. The van der Waals surface area contributed by atoms with Crippen LogP contribution in [0, 0.1) is 5.82 Å². The zero-order chi connectivity index (χ0) is 14.0. The lowest BCUT2D eigenvalue weighted by Crippen LogP contribution is -2.39. The fourth-order valence-electron chi connectivity index (χ4n) is 2.86. The third-order valence-corrected chi connectivity index (χ3v) is 4.53. The van der Waals surface area contributed by atoms with E-state index in [-0.39, 0.29) is 11.3 Å². The van der Waals surface area contributed by atoms with Gasteiger partial charge in [0.05, 0.1) is 12.5 Å². The van der Waals surface area contributed by atoms with E-state index >= 15 is 0 Å². The van der Waals surface area contributed by atoms with E-state index in [0.29, 0.717) is 17.3 Å². The molecule has 0 saturated heterocycles. The van der Waals surface area contributed by atoms with Gasteiger partial charge in [-0.2, -0.15) is 0 Å². The lowest BCUT2D eigenvalue weighted by molar-refractivity contribution is -0.145. The van der Waals surface area contributed by atoms with Crippen molar-refractivity contribution >= 4 is 21.9 Å². The SMILES string of the molecule is COc1ccc(Br)c(C2(C(=O)O)CCCCC2)c1F. The summed E-state index contributed by atoms with van der Waals surface area (Å²) in [7, 11) is 1.38. The van der Waals surface area contributed by atoms with Crippen molar-refractivity contribution in [1.82, 2.24) is 0 Å². The zero-order valence-electron chi connectivity index (χ0n) is 10.7. The van der Waals surface area contributed by atoms with Crippen molar-refractivity contribution in [2.75, 3.05) is 7.11 Å². The molecule has 0 aromatic heterocycles. The number of benzene rings is 1. The summed E-state index contributed by atoms with van der Waals surface area (Å²) in [6.07, 6.45) is 3.53. The Hall–Kier alpha value is -1.10. The van der Waals surface area contributed by atoms with Crippen molar-refractivity contribution in [2.45, 2.75) is 37.5 Å². The molecule has 1 N–H and O–H groups in total. The van der Waals surface area contributed by atoms with Crippen LogP contribution in [-0.2, 0) is 10.2 Å². The number of halogens is 2. The van der Waals surface area contributed by atoms with E-state index in [1.807, 2.05) is 0 Å². The highest BCUT2D eigenvalue weighted by molar-refractivity contribution is 9.10. The average molecular weight is 331 g/mol. The number of carboxylic acids is 1. The molecule has 1 aliphatic carbocycles. The summed E-state index contributed by atoms with van der Waals surface area (Å²) in [6, 6.07) is 3.15. The molecule has 2 rings (SSSR count). The smallest absolute Gasteiger partial charge is 0.314 e. The molecule has 0 aliphatic heterocycles. The number of rotatable bonds is 3. The van der Waals surface area contributed by atoms with Gasteiger partial charge in [-0.05, 0) is 25.0 Å². The van der Waals surface area contributed by atoms with Gasteiger partial charge < -0.3 is 9.84 Å². The third-order valence-electron chi connectivity index (χ3n) is 3.87. The highest BCUT2D eigenvalue weighted by Crippen LogP contribution is 2.45. The van der Waals surface area contributed by atoms with E-state index in [1.54, 1.807) is 6.07 Å². The molecule has 1 saturated carbocycles. The van der Waals surface area contributed by atoms with Gasteiger partial charge in [-0.1, -0.05) is 35.2 Å². The maximum absolute atomic E-state index is 14.5. The maximum Gasteiger partial charge on any atom is 0.314 e. The number of methoxy groups -OCH3 is 1. The van der Waals surface area contributed by atoms with Gasteiger partial charge in [-0.3, -0.25) is 4.79 Å². The molecule has 0 atom stereocenters. The molecule has 1 aromatic rings. The Kier molecular flexibility index (Phi) is 4.13. The van der Waals surface area contributed by atoms with E-state index in [4.69, 9.17) is 4.74 Å². The second-order valence-electron chi connectivity index (χ2n) is 4.89. The van der Waals surface area contributed by atoms with Crippen molar-refractivity contribution in [2.24, 2.45) is 0 Å². The van der Waals surface area contributed by atoms with Crippen LogP contribution in [0.2, 0.25) is 0 Å². The van der Waals surface area contributed by atoms with Crippen molar-refractivity contribution in [3.63, 3.8) is 0 Å². The van der Waals surface area contributed by atoms with Gasteiger partial charge >= 0.3 is 5.97 Å². The largest absolute Gasteiger partial charge is 0.494 e. The van der Waals surface area contributed by atoms with Gasteiger partial charge in [0.25, 0.3) is 0 Å². The molecule has 0 bridgehead atoms. The first kappa shape index (κ1) is 14.3. The van der Waals surface area contributed by atoms with Crippen LogP contribution in [-0.4, -0.2) is 18.2 Å². The van der Waals surface area contributed by atoms with Crippen molar-refractivity contribution < 1.29 is 19.0 Å². The van der Waals surface area contributed by atoms with Crippen LogP contribution in [0.1, 0.15) is 37.7 Å². The monoisotopic (exact) mass is 330 g/mol. The van der Waals surface area contributed by atoms with Gasteiger partial charge in [-0.25, -0.2) is 4.39 Å². The van der Waals surface area contributed by atoms with Crippen molar-refractivity contribution in [3.8, 4) is 5.75 Å². The highest BCUT2D eigenvalue weighted by Gasteiger charge is 2.45.